The van der Waals surface area contributed by atoms with Crippen LogP contribution in [0, 0.1) is 24.2 Å². The quantitative estimate of drug-likeness (QED) is 0.138. The van der Waals surface area contributed by atoms with Crippen molar-refractivity contribution in [3.05, 3.63) is 70.8 Å². The van der Waals surface area contributed by atoms with Crippen LogP contribution < -0.4 is 4.74 Å². The molecule has 0 bridgehead atoms. The zero-order chi connectivity index (χ0) is 27.1. The number of nitrogens with zero attached hydrogens (tertiary/aromatic N) is 1. The number of carbonyl (C=O) groups is 1. The van der Waals surface area contributed by atoms with E-state index >= 15 is 0 Å². The Morgan fingerprint density at radius 1 is 1.13 bits per heavy atom. The molecule has 3 aliphatic carbocycles. The maximum atomic E-state index is 13.0. The molecule has 1 fully saturated rings. The summed E-state index contributed by atoms with van der Waals surface area (Å²) in [7, 11) is -3.85. The third kappa shape index (κ3) is 5.05. The van der Waals surface area contributed by atoms with Crippen molar-refractivity contribution in [3.8, 4) is 5.75 Å². The van der Waals surface area contributed by atoms with Gasteiger partial charge in [-0.15, -0.1) is 4.40 Å². The third-order valence-electron chi connectivity index (χ3n) is 8.89. The summed E-state index contributed by atoms with van der Waals surface area (Å²) in [6.07, 6.45) is 7.95. The van der Waals surface area contributed by atoms with E-state index in [4.69, 9.17) is 9.47 Å². The first-order chi connectivity index (χ1) is 18.1. The standard InChI is InChI=1S/C31H37NO5S/c1-5-36-30(32-38(34,35)25-11-6-20(2)7-12-25)19-23-9-15-29-28-13-8-22-18-24(37-21(3)33)10-14-26(22)27(28)16-17-31(23,29)4/h6-7,9-12,14,18,27-29H,5,8,13,15-17,19H2,1-4H3/b32-30+/t27-,28-,29+,31-/m1/s1. The van der Waals surface area contributed by atoms with Gasteiger partial charge in [0.1, 0.15) is 5.75 Å². The Hall–Kier alpha value is -2.93. The van der Waals surface area contributed by atoms with Gasteiger partial charge in [-0.05, 0) is 105 Å². The first-order valence-electron chi connectivity index (χ1n) is 13.6. The molecule has 6 nitrogen and oxygen atoms in total. The van der Waals surface area contributed by atoms with E-state index in [1.807, 2.05) is 26.0 Å². The maximum absolute atomic E-state index is 13.0. The number of aryl methyl sites for hydroxylation is 2. The Morgan fingerprint density at radius 3 is 2.61 bits per heavy atom. The van der Waals surface area contributed by atoms with Gasteiger partial charge in [-0.2, -0.15) is 8.42 Å². The van der Waals surface area contributed by atoms with Gasteiger partial charge in [0.05, 0.1) is 11.5 Å². The highest BCUT2D eigenvalue weighted by Gasteiger charge is 2.51. The van der Waals surface area contributed by atoms with Crippen molar-refractivity contribution in [2.75, 3.05) is 6.61 Å². The molecule has 38 heavy (non-hydrogen) atoms. The van der Waals surface area contributed by atoms with E-state index in [1.165, 1.54) is 23.6 Å². The molecule has 3 aliphatic rings. The Labute approximate surface area is 226 Å². The Bertz CT molecular complexity index is 1390. The molecule has 0 N–H and O–H groups in total. The lowest BCUT2D eigenvalue weighted by atomic mass is 9.54. The molecule has 202 valence electrons. The zero-order valence-corrected chi connectivity index (χ0v) is 23.5. The molecule has 0 amide bonds. The number of sulfonamides is 1. The third-order valence-corrected chi connectivity index (χ3v) is 10.2. The van der Waals surface area contributed by atoms with Crippen LogP contribution in [-0.4, -0.2) is 26.9 Å². The van der Waals surface area contributed by atoms with Crippen molar-refractivity contribution in [2.45, 2.75) is 77.0 Å². The van der Waals surface area contributed by atoms with Crippen molar-refractivity contribution in [3.63, 3.8) is 0 Å². The minimum Gasteiger partial charge on any atom is -0.480 e. The van der Waals surface area contributed by atoms with Crippen molar-refractivity contribution >= 4 is 21.9 Å². The fourth-order valence-electron chi connectivity index (χ4n) is 7.05. The van der Waals surface area contributed by atoms with Crippen LogP contribution in [-0.2, 0) is 26.0 Å². The molecule has 0 unspecified atom stereocenters. The van der Waals surface area contributed by atoms with Crippen LogP contribution in [0.4, 0.5) is 0 Å². The highest BCUT2D eigenvalue weighted by molar-refractivity contribution is 7.90. The van der Waals surface area contributed by atoms with Gasteiger partial charge in [0.15, 0.2) is 0 Å². The molecule has 2 aromatic carbocycles. The number of benzene rings is 2. The number of ether oxygens (including phenoxy) is 2. The van der Waals surface area contributed by atoms with Gasteiger partial charge in [-0.1, -0.05) is 42.3 Å². The summed E-state index contributed by atoms with van der Waals surface area (Å²) < 4.78 is 41.4. The highest BCUT2D eigenvalue weighted by atomic mass is 32.2. The lowest BCUT2D eigenvalue weighted by Crippen LogP contribution is -2.41. The zero-order valence-electron chi connectivity index (χ0n) is 22.7. The van der Waals surface area contributed by atoms with Crippen LogP contribution in [0.2, 0.25) is 0 Å². The van der Waals surface area contributed by atoms with E-state index in [1.54, 1.807) is 24.3 Å². The molecule has 0 aromatic heterocycles. The molecule has 2 aromatic rings. The minimum absolute atomic E-state index is 0.00183. The minimum atomic E-state index is -3.85. The van der Waals surface area contributed by atoms with Crippen LogP contribution in [0.5, 0.6) is 5.75 Å². The largest absolute Gasteiger partial charge is 0.480 e. The number of esters is 1. The van der Waals surface area contributed by atoms with Crippen LogP contribution >= 0.6 is 0 Å². The molecular formula is C31H37NO5S. The number of fused-ring (bicyclic) bond motifs is 5. The van der Waals surface area contributed by atoms with Gasteiger partial charge in [0, 0.05) is 13.3 Å². The van der Waals surface area contributed by atoms with Crippen LogP contribution in [0.3, 0.4) is 0 Å². The van der Waals surface area contributed by atoms with Crippen molar-refractivity contribution in [2.24, 2.45) is 21.6 Å². The summed E-state index contributed by atoms with van der Waals surface area (Å²) in [6.45, 7) is 7.94. The first-order valence-corrected chi connectivity index (χ1v) is 15.1. The second kappa shape index (κ2) is 10.3. The van der Waals surface area contributed by atoms with Gasteiger partial charge >= 0.3 is 5.97 Å². The summed E-state index contributed by atoms with van der Waals surface area (Å²) in [5, 5.41) is 0. The van der Waals surface area contributed by atoms with Gasteiger partial charge in [0.25, 0.3) is 10.0 Å². The van der Waals surface area contributed by atoms with Gasteiger partial charge in [0.2, 0.25) is 5.90 Å². The predicted octanol–water partition coefficient (Wildman–Crippen LogP) is 6.53. The highest BCUT2D eigenvalue weighted by Crippen LogP contribution is 2.61. The number of allylic oxidation sites excluding steroid dienone is 1. The second-order valence-corrected chi connectivity index (χ2v) is 12.8. The average Bonchev–Trinajstić information content (AvgIpc) is 3.19. The first kappa shape index (κ1) is 26.7. The fraction of sp³-hybridized carbons (Fsp3) is 0.484. The summed E-state index contributed by atoms with van der Waals surface area (Å²) in [4.78, 5) is 11.6. The summed E-state index contributed by atoms with van der Waals surface area (Å²) in [6, 6.07) is 12.9. The lowest BCUT2D eigenvalue weighted by molar-refractivity contribution is -0.131. The van der Waals surface area contributed by atoms with E-state index < -0.39 is 10.0 Å². The average molecular weight is 536 g/mol. The normalized spacial score (nSPS) is 26.6. The van der Waals surface area contributed by atoms with Gasteiger partial charge < -0.3 is 9.47 Å². The smallest absolute Gasteiger partial charge is 0.308 e. The van der Waals surface area contributed by atoms with E-state index in [0.717, 1.165) is 37.7 Å². The van der Waals surface area contributed by atoms with Crippen LogP contribution in [0.1, 0.15) is 75.5 Å². The molecule has 5 rings (SSSR count). The van der Waals surface area contributed by atoms with Gasteiger partial charge in [-0.25, -0.2) is 0 Å². The molecule has 0 aliphatic heterocycles. The molecule has 0 spiro atoms. The molecule has 0 saturated heterocycles. The van der Waals surface area contributed by atoms with E-state index in [0.29, 0.717) is 36.5 Å². The molecule has 4 atom stereocenters. The Kier molecular flexibility index (Phi) is 7.25. The molecular weight excluding hydrogens is 498 g/mol. The van der Waals surface area contributed by atoms with Gasteiger partial charge in [-0.3, -0.25) is 4.79 Å². The monoisotopic (exact) mass is 535 g/mol. The summed E-state index contributed by atoms with van der Waals surface area (Å²) >= 11 is 0. The summed E-state index contributed by atoms with van der Waals surface area (Å²) in [5.41, 5.74) is 4.95. The van der Waals surface area contributed by atoms with E-state index in [2.05, 4.69) is 23.5 Å². The molecule has 1 saturated carbocycles. The van der Waals surface area contributed by atoms with Crippen molar-refractivity contribution in [1.82, 2.24) is 0 Å². The van der Waals surface area contributed by atoms with Crippen LogP contribution in [0.15, 0.2) is 63.4 Å². The van der Waals surface area contributed by atoms with Crippen molar-refractivity contribution in [1.29, 1.82) is 0 Å². The fourth-order valence-corrected chi connectivity index (χ4v) is 8.03. The topological polar surface area (TPSA) is 82.0 Å². The van der Waals surface area contributed by atoms with Crippen molar-refractivity contribution < 1.29 is 22.7 Å². The van der Waals surface area contributed by atoms with E-state index in [-0.39, 0.29) is 22.2 Å². The molecule has 0 heterocycles. The summed E-state index contributed by atoms with van der Waals surface area (Å²) in [5.74, 6) is 2.18. The SMILES string of the molecule is CCO/C(CC1=CC[C@H]2[C@@H]3CCc4cc(OC(C)=O)ccc4[C@H]3CC[C@]12C)=N/S(=O)(=O)c1ccc(C)cc1. The Balaban J connectivity index is 1.36. The molecule has 7 heteroatoms. The van der Waals surface area contributed by atoms with E-state index in [9.17, 15) is 13.2 Å². The maximum Gasteiger partial charge on any atom is 0.308 e. The Morgan fingerprint density at radius 2 is 1.89 bits per heavy atom. The van der Waals surface area contributed by atoms with Crippen LogP contribution in [0.25, 0.3) is 0 Å². The molecule has 0 radical (unpaired) electrons. The lowest BCUT2D eigenvalue weighted by Gasteiger charge is -2.50. The number of rotatable bonds is 6. The number of hydrogen-bond acceptors (Lipinski definition) is 5. The number of carbonyl (C=O) groups excluding carboxylic acids is 1. The predicted molar refractivity (Wildman–Crippen MR) is 148 cm³/mol. The number of hydrogen-bond donors (Lipinski definition) is 0. The second-order valence-electron chi connectivity index (χ2n) is 11.2.